The number of amides is 2. The Hall–Kier alpha value is -3.07. The number of nitrogens with one attached hydrogen (secondary N) is 2. The lowest BCUT2D eigenvalue weighted by Crippen LogP contribution is -2.51. The van der Waals surface area contributed by atoms with Crippen molar-refractivity contribution in [3.05, 3.63) is 35.0 Å². The normalized spacial score (nSPS) is 21.6. The fraction of sp³-hybridized carbons (Fsp3) is 0.522. The predicted octanol–water partition coefficient (Wildman–Crippen LogP) is 1.87. The summed E-state index contributed by atoms with van der Waals surface area (Å²) in [6, 6.07) is 4.61. The first-order chi connectivity index (χ1) is 15.5. The Labute approximate surface area is 187 Å². The molecule has 1 fully saturated rings. The molecule has 172 valence electrons. The van der Waals surface area contributed by atoms with Crippen LogP contribution in [0.15, 0.2) is 29.5 Å². The van der Waals surface area contributed by atoms with Crippen LogP contribution in [0.25, 0.3) is 0 Å². The maximum atomic E-state index is 13.0. The van der Waals surface area contributed by atoms with Gasteiger partial charge in [-0.1, -0.05) is 0 Å². The molecule has 0 spiro atoms. The van der Waals surface area contributed by atoms with E-state index in [2.05, 4.69) is 15.5 Å². The van der Waals surface area contributed by atoms with Crippen molar-refractivity contribution in [3.8, 4) is 11.5 Å². The van der Waals surface area contributed by atoms with Crippen molar-refractivity contribution >= 4 is 17.8 Å². The molecule has 0 aromatic heterocycles. The van der Waals surface area contributed by atoms with Gasteiger partial charge in [0.2, 0.25) is 0 Å². The van der Waals surface area contributed by atoms with E-state index in [1.54, 1.807) is 32.0 Å². The highest BCUT2D eigenvalue weighted by atomic mass is 16.6. The number of esters is 1. The summed E-state index contributed by atoms with van der Waals surface area (Å²) in [5, 5.41) is 5.47. The number of piperidine rings is 1. The van der Waals surface area contributed by atoms with Crippen LogP contribution < -0.4 is 20.1 Å². The molecular formula is C23H29N3O6. The average Bonchev–Trinajstić information content (AvgIpc) is 2.78. The molecule has 1 atom stereocenters. The number of fused-ring (bicyclic) bond motifs is 1. The zero-order valence-electron chi connectivity index (χ0n) is 18.4. The molecule has 0 saturated carbocycles. The highest BCUT2D eigenvalue weighted by molar-refractivity contribution is 5.98. The number of hydrogen-bond donors (Lipinski definition) is 2. The van der Waals surface area contributed by atoms with Crippen LogP contribution in [0.3, 0.4) is 0 Å². The number of likely N-dealkylation sites (tertiary alicyclic amines) is 1. The molecule has 32 heavy (non-hydrogen) atoms. The Morgan fingerprint density at radius 3 is 2.59 bits per heavy atom. The van der Waals surface area contributed by atoms with Crippen molar-refractivity contribution in [3.63, 3.8) is 0 Å². The van der Waals surface area contributed by atoms with Gasteiger partial charge in [-0.3, -0.25) is 9.69 Å². The third-order valence-corrected chi connectivity index (χ3v) is 6.03. The summed E-state index contributed by atoms with van der Waals surface area (Å²) in [5.74, 6) is 0.900. The maximum absolute atomic E-state index is 13.0. The number of hydrogen-bond acceptors (Lipinski definition) is 7. The van der Waals surface area contributed by atoms with Gasteiger partial charge in [-0.05, 0) is 58.0 Å². The van der Waals surface area contributed by atoms with Crippen molar-refractivity contribution in [2.75, 3.05) is 39.5 Å². The molecule has 1 saturated heterocycles. The molecule has 0 radical (unpaired) electrons. The summed E-state index contributed by atoms with van der Waals surface area (Å²) in [5.41, 5.74) is 1.65. The molecule has 1 aromatic carbocycles. The van der Waals surface area contributed by atoms with E-state index < -0.39 is 12.0 Å². The number of rotatable bonds is 6. The van der Waals surface area contributed by atoms with E-state index in [1.807, 2.05) is 0 Å². The van der Waals surface area contributed by atoms with Gasteiger partial charge in [0.05, 0.1) is 18.2 Å². The minimum absolute atomic E-state index is 0.0751. The van der Waals surface area contributed by atoms with Gasteiger partial charge in [0.1, 0.15) is 13.2 Å². The van der Waals surface area contributed by atoms with Crippen LogP contribution in [0.1, 0.15) is 37.0 Å². The third kappa shape index (κ3) is 4.72. The van der Waals surface area contributed by atoms with E-state index >= 15 is 0 Å². The van der Waals surface area contributed by atoms with E-state index in [0.29, 0.717) is 74.0 Å². The summed E-state index contributed by atoms with van der Waals surface area (Å²) in [4.78, 5) is 39.6. The van der Waals surface area contributed by atoms with Crippen molar-refractivity contribution in [2.24, 2.45) is 5.92 Å². The van der Waals surface area contributed by atoms with Crippen LogP contribution in [-0.4, -0.2) is 68.2 Å². The topological polar surface area (TPSA) is 106 Å². The number of urea groups is 1. The van der Waals surface area contributed by atoms with Crippen LogP contribution in [-0.2, 0) is 9.53 Å². The fourth-order valence-electron chi connectivity index (χ4n) is 4.41. The molecule has 3 aliphatic rings. The molecule has 2 N–H and O–H groups in total. The number of carbonyl (C=O) groups excluding carboxylic acids is 3. The first-order valence-electron chi connectivity index (χ1n) is 11.1. The van der Waals surface area contributed by atoms with Crippen molar-refractivity contribution < 1.29 is 28.6 Å². The summed E-state index contributed by atoms with van der Waals surface area (Å²) in [6.07, 6.45) is 1.41. The first-order valence-corrected chi connectivity index (χ1v) is 11.1. The van der Waals surface area contributed by atoms with E-state index in [4.69, 9.17) is 14.2 Å². The third-order valence-electron chi connectivity index (χ3n) is 6.03. The lowest BCUT2D eigenvalue weighted by molar-refractivity contribution is -0.139. The van der Waals surface area contributed by atoms with Crippen molar-refractivity contribution in [1.29, 1.82) is 0 Å². The molecular weight excluding hydrogens is 414 g/mol. The van der Waals surface area contributed by atoms with Gasteiger partial charge in [0.15, 0.2) is 17.3 Å². The van der Waals surface area contributed by atoms with Crippen LogP contribution in [0.5, 0.6) is 11.5 Å². The Morgan fingerprint density at radius 1 is 1.16 bits per heavy atom. The van der Waals surface area contributed by atoms with Gasteiger partial charge in [-0.15, -0.1) is 0 Å². The Bertz CT molecular complexity index is 936. The highest BCUT2D eigenvalue weighted by Gasteiger charge is 2.32. The molecule has 0 aliphatic carbocycles. The van der Waals surface area contributed by atoms with Crippen molar-refractivity contribution in [2.45, 2.75) is 32.7 Å². The molecule has 1 aromatic rings. The number of ketones is 1. The van der Waals surface area contributed by atoms with Gasteiger partial charge in [0.25, 0.3) is 0 Å². The number of carbonyl (C=O) groups is 3. The molecule has 3 heterocycles. The second kappa shape index (κ2) is 9.60. The molecule has 1 unspecified atom stereocenters. The SMILES string of the molecule is CCOC(=O)C1=C(CN2CCC(C(=O)c3ccc4c(c3)OCCO4)CC2)NC(=O)NC1C. The molecule has 9 heteroatoms. The fourth-order valence-corrected chi connectivity index (χ4v) is 4.41. The van der Waals surface area contributed by atoms with Gasteiger partial charge in [0, 0.05) is 23.7 Å². The molecule has 4 rings (SSSR count). The largest absolute Gasteiger partial charge is 0.486 e. The summed E-state index contributed by atoms with van der Waals surface area (Å²) >= 11 is 0. The first kappa shape index (κ1) is 22.1. The van der Waals surface area contributed by atoms with Gasteiger partial charge in [-0.2, -0.15) is 0 Å². The molecule has 3 aliphatic heterocycles. The molecule has 2 amide bonds. The van der Waals surface area contributed by atoms with Crippen LogP contribution in [0, 0.1) is 5.92 Å². The van der Waals surface area contributed by atoms with E-state index in [-0.39, 0.29) is 24.3 Å². The van der Waals surface area contributed by atoms with E-state index in [0.717, 1.165) is 0 Å². The average molecular weight is 444 g/mol. The molecule has 9 nitrogen and oxygen atoms in total. The smallest absolute Gasteiger partial charge is 0.337 e. The van der Waals surface area contributed by atoms with E-state index in [9.17, 15) is 14.4 Å². The lowest BCUT2D eigenvalue weighted by Gasteiger charge is -2.34. The highest BCUT2D eigenvalue weighted by Crippen LogP contribution is 2.32. The van der Waals surface area contributed by atoms with Crippen LogP contribution in [0.2, 0.25) is 0 Å². The number of benzene rings is 1. The van der Waals surface area contributed by atoms with Gasteiger partial charge < -0.3 is 24.8 Å². The van der Waals surface area contributed by atoms with Gasteiger partial charge >= 0.3 is 12.0 Å². The predicted molar refractivity (Wildman–Crippen MR) is 116 cm³/mol. The Kier molecular flexibility index (Phi) is 6.64. The number of nitrogens with zero attached hydrogens (tertiary/aromatic N) is 1. The standard InChI is InChI=1S/C23H29N3O6/c1-3-30-22(28)20-14(2)24-23(29)25-17(20)13-26-8-6-15(7-9-26)21(27)16-4-5-18-19(12-16)32-11-10-31-18/h4-5,12,14-15H,3,6-11,13H2,1-2H3,(H2,24,25,29). The van der Waals surface area contributed by atoms with Crippen LogP contribution >= 0.6 is 0 Å². The number of ether oxygens (including phenoxy) is 3. The minimum atomic E-state index is -0.425. The maximum Gasteiger partial charge on any atom is 0.337 e. The van der Waals surface area contributed by atoms with Gasteiger partial charge in [-0.25, -0.2) is 9.59 Å². The quantitative estimate of drug-likeness (QED) is 0.511. The zero-order chi connectivity index (χ0) is 22.7. The summed E-state index contributed by atoms with van der Waals surface area (Å²) < 4.78 is 16.3. The van der Waals surface area contributed by atoms with E-state index in [1.165, 1.54) is 0 Å². The lowest BCUT2D eigenvalue weighted by atomic mass is 9.88. The number of Topliss-reactive ketones (excluding diaryl/α,β-unsaturated/α-hetero) is 1. The summed E-state index contributed by atoms with van der Waals surface area (Å²) in [7, 11) is 0. The Balaban J connectivity index is 1.39. The van der Waals surface area contributed by atoms with Crippen LogP contribution in [0.4, 0.5) is 4.79 Å². The van der Waals surface area contributed by atoms with Crippen molar-refractivity contribution in [1.82, 2.24) is 15.5 Å². The summed E-state index contributed by atoms with van der Waals surface area (Å²) in [6.45, 7) is 6.60. The minimum Gasteiger partial charge on any atom is -0.486 e. The molecule has 0 bridgehead atoms. The monoisotopic (exact) mass is 443 g/mol. The zero-order valence-corrected chi connectivity index (χ0v) is 18.4. The second-order valence-corrected chi connectivity index (χ2v) is 8.21. The Morgan fingerprint density at radius 2 is 1.88 bits per heavy atom. The second-order valence-electron chi connectivity index (χ2n) is 8.21.